The number of nitrogen functional groups attached to an aromatic ring is 2. The molecule has 86 valence electrons. The Balaban J connectivity index is 2.36. The molecule has 2 rings (SSSR count). The first kappa shape index (κ1) is 10.8. The zero-order chi connectivity index (χ0) is 11.5. The summed E-state index contributed by atoms with van der Waals surface area (Å²) in [6.07, 6.45) is 3.54. The number of hydrogen-bond donors (Lipinski definition) is 2. The summed E-state index contributed by atoms with van der Waals surface area (Å²) in [6, 6.07) is 5.81. The van der Waals surface area contributed by atoms with E-state index in [9.17, 15) is 0 Å². The first-order chi connectivity index (χ1) is 7.74. The molecule has 0 aliphatic heterocycles. The molecule has 0 unspecified atom stereocenters. The molecular weight excluding hydrogens is 200 g/mol. The second-order valence-electron chi connectivity index (χ2n) is 4.04. The Labute approximate surface area is 95.3 Å². The van der Waals surface area contributed by atoms with Gasteiger partial charge in [0.25, 0.3) is 0 Å². The SMILES string of the molecule is CCCCCn1c(N)nc2c(N)cccc21. The van der Waals surface area contributed by atoms with Crippen molar-refractivity contribution in [2.45, 2.75) is 32.7 Å². The second kappa shape index (κ2) is 4.43. The lowest BCUT2D eigenvalue weighted by Crippen LogP contribution is -2.03. The number of para-hydroxylation sites is 1. The first-order valence-corrected chi connectivity index (χ1v) is 5.74. The van der Waals surface area contributed by atoms with E-state index in [1.54, 1.807) is 0 Å². The van der Waals surface area contributed by atoms with E-state index in [0.717, 1.165) is 24.0 Å². The van der Waals surface area contributed by atoms with Gasteiger partial charge in [-0.2, -0.15) is 0 Å². The predicted molar refractivity (Wildman–Crippen MR) is 68.1 cm³/mol. The van der Waals surface area contributed by atoms with Gasteiger partial charge in [0.15, 0.2) is 0 Å². The molecule has 1 heterocycles. The van der Waals surface area contributed by atoms with E-state index in [0.29, 0.717) is 11.6 Å². The monoisotopic (exact) mass is 218 g/mol. The lowest BCUT2D eigenvalue weighted by Gasteiger charge is -2.05. The smallest absolute Gasteiger partial charge is 0.201 e. The summed E-state index contributed by atoms with van der Waals surface area (Å²) in [4.78, 5) is 4.31. The predicted octanol–water partition coefficient (Wildman–Crippen LogP) is 2.39. The van der Waals surface area contributed by atoms with Crippen LogP contribution in [0.3, 0.4) is 0 Å². The van der Waals surface area contributed by atoms with E-state index < -0.39 is 0 Å². The zero-order valence-corrected chi connectivity index (χ0v) is 9.61. The summed E-state index contributed by atoms with van der Waals surface area (Å²) in [5.41, 5.74) is 14.3. The van der Waals surface area contributed by atoms with Gasteiger partial charge >= 0.3 is 0 Å². The van der Waals surface area contributed by atoms with Crippen molar-refractivity contribution in [3.63, 3.8) is 0 Å². The molecule has 4 nitrogen and oxygen atoms in total. The van der Waals surface area contributed by atoms with E-state index in [4.69, 9.17) is 11.5 Å². The molecule has 1 aromatic carbocycles. The lowest BCUT2D eigenvalue weighted by molar-refractivity contribution is 0.619. The summed E-state index contributed by atoms with van der Waals surface area (Å²) >= 11 is 0. The quantitative estimate of drug-likeness (QED) is 0.611. The summed E-state index contributed by atoms with van der Waals surface area (Å²) in [7, 11) is 0. The van der Waals surface area contributed by atoms with Crippen LogP contribution in [0.25, 0.3) is 11.0 Å². The molecule has 4 N–H and O–H groups in total. The fourth-order valence-electron chi connectivity index (χ4n) is 1.94. The highest BCUT2D eigenvalue weighted by atomic mass is 15.2. The topological polar surface area (TPSA) is 69.9 Å². The largest absolute Gasteiger partial charge is 0.397 e. The number of fused-ring (bicyclic) bond motifs is 1. The van der Waals surface area contributed by atoms with Crippen LogP contribution in [-0.2, 0) is 6.54 Å². The molecule has 0 amide bonds. The number of nitrogens with zero attached hydrogens (tertiary/aromatic N) is 2. The molecule has 0 radical (unpaired) electrons. The summed E-state index contributed by atoms with van der Waals surface area (Å²) < 4.78 is 2.04. The molecule has 0 saturated heterocycles. The highest BCUT2D eigenvalue weighted by Gasteiger charge is 2.09. The van der Waals surface area contributed by atoms with Gasteiger partial charge in [0.05, 0.1) is 11.2 Å². The molecule has 0 aliphatic carbocycles. The van der Waals surface area contributed by atoms with Crippen LogP contribution >= 0.6 is 0 Å². The highest BCUT2D eigenvalue weighted by Crippen LogP contribution is 2.23. The molecule has 4 heteroatoms. The lowest BCUT2D eigenvalue weighted by atomic mass is 10.2. The van der Waals surface area contributed by atoms with Gasteiger partial charge in [-0.1, -0.05) is 25.8 Å². The van der Waals surface area contributed by atoms with Gasteiger partial charge in [0.2, 0.25) is 5.95 Å². The number of rotatable bonds is 4. The van der Waals surface area contributed by atoms with Crippen molar-refractivity contribution in [2.75, 3.05) is 11.5 Å². The minimum absolute atomic E-state index is 0.559. The molecule has 0 spiro atoms. The molecular formula is C12H18N4. The molecule has 0 aliphatic rings. The number of aromatic nitrogens is 2. The molecule has 1 aromatic heterocycles. The third-order valence-electron chi connectivity index (χ3n) is 2.82. The maximum absolute atomic E-state index is 5.90. The van der Waals surface area contributed by atoms with Gasteiger partial charge in [0.1, 0.15) is 5.52 Å². The van der Waals surface area contributed by atoms with Gasteiger partial charge in [0, 0.05) is 6.54 Å². The fraction of sp³-hybridized carbons (Fsp3) is 0.417. The molecule has 0 atom stereocenters. The number of imidazole rings is 1. The summed E-state index contributed by atoms with van der Waals surface area (Å²) in [5.74, 6) is 0.559. The van der Waals surface area contributed by atoms with Crippen LogP contribution in [0.2, 0.25) is 0 Å². The average Bonchev–Trinajstić information content (AvgIpc) is 2.58. The van der Waals surface area contributed by atoms with Crippen molar-refractivity contribution in [3.8, 4) is 0 Å². The van der Waals surface area contributed by atoms with Crippen LogP contribution in [-0.4, -0.2) is 9.55 Å². The third kappa shape index (κ3) is 1.83. The maximum Gasteiger partial charge on any atom is 0.201 e. The van der Waals surface area contributed by atoms with E-state index >= 15 is 0 Å². The summed E-state index contributed by atoms with van der Waals surface area (Å²) in [5, 5.41) is 0. The number of benzene rings is 1. The first-order valence-electron chi connectivity index (χ1n) is 5.74. The fourth-order valence-corrected chi connectivity index (χ4v) is 1.94. The molecule has 16 heavy (non-hydrogen) atoms. The van der Waals surface area contributed by atoms with Gasteiger partial charge in [-0.05, 0) is 18.6 Å². The minimum Gasteiger partial charge on any atom is -0.397 e. The second-order valence-corrected chi connectivity index (χ2v) is 4.04. The highest BCUT2D eigenvalue weighted by molar-refractivity contribution is 5.89. The van der Waals surface area contributed by atoms with Crippen molar-refractivity contribution in [1.29, 1.82) is 0 Å². The van der Waals surface area contributed by atoms with Gasteiger partial charge in [-0.25, -0.2) is 4.98 Å². The number of anilines is 2. The Kier molecular flexibility index (Phi) is 2.99. The Bertz CT molecular complexity index is 487. The van der Waals surface area contributed by atoms with Crippen LogP contribution in [0, 0.1) is 0 Å². The Morgan fingerprint density at radius 1 is 1.25 bits per heavy atom. The molecule has 0 fully saturated rings. The number of unbranched alkanes of at least 4 members (excludes halogenated alkanes) is 2. The minimum atomic E-state index is 0.559. The van der Waals surface area contributed by atoms with Gasteiger partial charge < -0.3 is 16.0 Å². The van der Waals surface area contributed by atoms with Crippen LogP contribution in [0.1, 0.15) is 26.2 Å². The van der Waals surface area contributed by atoms with Gasteiger partial charge in [-0.3, -0.25) is 0 Å². The number of hydrogen-bond acceptors (Lipinski definition) is 3. The van der Waals surface area contributed by atoms with E-state index in [1.165, 1.54) is 12.8 Å². The van der Waals surface area contributed by atoms with Gasteiger partial charge in [-0.15, -0.1) is 0 Å². The summed E-state index contributed by atoms with van der Waals surface area (Å²) in [6.45, 7) is 3.10. The van der Waals surface area contributed by atoms with E-state index in [1.807, 2.05) is 22.8 Å². The van der Waals surface area contributed by atoms with Crippen LogP contribution < -0.4 is 11.5 Å². The van der Waals surface area contributed by atoms with Crippen LogP contribution in [0.15, 0.2) is 18.2 Å². The maximum atomic E-state index is 5.90. The van der Waals surface area contributed by atoms with Crippen LogP contribution in [0.4, 0.5) is 11.6 Å². The molecule has 0 bridgehead atoms. The Morgan fingerprint density at radius 2 is 2.06 bits per heavy atom. The molecule has 0 saturated carbocycles. The van der Waals surface area contributed by atoms with E-state index in [2.05, 4.69) is 11.9 Å². The average molecular weight is 218 g/mol. The van der Waals surface area contributed by atoms with Crippen molar-refractivity contribution >= 4 is 22.7 Å². The van der Waals surface area contributed by atoms with Crippen molar-refractivity contribution in [3.05, 3.63) is 18.2 Å². The Morgan fingerprint density at radius 3 is 2.81 bits per heavy atom. The van der Waals surface area contributed by atoms with Crippen molar-refractivity contribution in [2.24, 2.45) is 0 Å². The van der Waals surface area contributed by atoms with Crippen molar-refractivity contribution < 1.29 is 0 Å². The third-order valence-corrected chi connectivity index (χ3v) is 2.82. The number of aryl methyl sites for hydroxylation is 1. The normalized spacial score (nSPS) is 11.1. The zero-order valence-electron chi connectivity index (χ0n) is 9.61. The number of nitrogens with two attached hydrogens (primary N) is 2. The molecule has 2 aromatic rings. The standard InChI is InChI=1S/C12H18N4/c1-2-3-4-8-16-10-7-5-6-9(13)11(10)15-12(16)14/h5-7H,2-4,8,13H2,1H3,(H2,14,15). The van der Waals surface area contributed by atoms with E-state index in [-0.39, 0.29) is 0 Å². The Hall–Kier alpha value is -1.71. The van der Waals surface area contributed by atoms with Crippen molar-refractivity contribution in [1.82, 2.24) is 9.55 Å². The van der Waals surface area contributed by atoms with Crippen LogP contribution in [0.5, 0.6) is 0 Å².